The zero-order chi connectivity index (χ0) is 6.85. The molecule has 1 heterocycles. The summed E-state index contributed by atoms with van der Waals surface area (Å²) < 4.78 is 1.43. The van der Waals surface area contributed by atoms with Gasteiger partial charge in [-0.25, -0.2) is 0 Å². The second kappa shape index (κ2) is 3.02. The Hall–Kier alpha value is 0.437. The smallest absolute Gasteiger partial charge is 0.0898 e. The molecule has 9 heavy (non-hydrogen) atoms. The van der Waals surface area contributed by atoms with Gasteiger partial charge in [0.15, 0.2) is 0 Å². The lowest BCUT2D eigenvalue weighted by atomic mass is 10.5. The minimum Gasteiger partial charge on any atom is -0.0898 e. The van der Waals surface area contributed by atoms with E-state index in [9.17, 15) is 0 Å². The van der Waals surface area contributed by atoms with Crippen LogP contribution in [0.25, 0.3) is 0 Å². The molecular weight excluding hydrogens is 194 g/mol. The summed E-state index contributed by atoms with van der Waals surface area (Å²) in [5.41, 5.74) is 0. The van der Waals surface area contributed by atoms with E-state index in [1.54, 1.807) is 12.2 Å². The highest BCUT2D eigenvalue weighted by atomic mass is 35.5. The maximum Gasteiger partial charge on any atom is 0.100 e. The largest absolute Gasteiger partial charge is 0.100 e. The monoisotopic (exact) mass is 195 g/mol. The van der Waals surface area contributed by atoms with Gasteiger partial charge in [-0.3, -0.25) is 0 Å². The van der Waals surface area contributed by atoms with Crippen molar-refractivity contribution in [1.29, 1.82) is 0 Å². The third kappa shape index (κ3) is 2.26. The van der Waals surface area contributed by atoms with E-state index in [-0.39, 0.29) is 0 Å². The third-order valence-electron chi connectivity index (χ3n) is 0.768. The van der Waals surface area contributed by atoms with Gasteiger partial charge in [-0.2, -0.15) is 0 Å². The van der Waals surface area contributed by atoms with Gasteiger partial charge in [0, 0.05) is 14.3 Å². The van der Waals surface area contributed by atoms with E-state index < -0.39 is 0 Å². The molecule has 0 unspecified atom stereocenters. The fourth-order valence-electron chi connectivity index (χ4n) is 0.470. The van der Waals surface area contributed by atoms with E-state index in [0.717, 1.165) is 0 Å². The Labute approximate surface area is 70.5 Å². The van der Waals surface area contributed by atoms with Gasteiger partial charge in [0.1, 0.15) is 9.13 Å². The van der Waals surface area contributed by atoms with Gasteiger partial charge >= 0.3 is 0 Å². The van der Waals surface area contributed by atoms with Crippen molar-refractivity contribution in [3.05, 3.63) is 21.8 Å². The van der Waals surface area contributed by atoms with Crippen LogP contribution >= 0.6 is 34.8 Å². The number of rotatable bonds is 0. The second-order valence-electron chi connectivity index (χ2n) is 1.49. The van der Waals surface area contributed by atoms with E-state index in [1.807, 2.05) is 0 Å². The Bertz CT molecular complexity index is 168. The molecule has 0 saturated heterocycles. The first-order valence-electron chi connectivity index (χ1n) is 2.22. The summed E-state index contributed by atoms with van der Waals surface area (Å²) >= 11 is 16.9. The predicted molar refractivity (Wildman–Crippen MR) is 44.5 cm³/mol. The third-order valence-corrected chi connectivity index (χ3v) is 2.54. The summed E-state index contributed by atoms with van der Waals surface area (Å²) in [6.45, 7) is 0. The first-order chi connectivity index (χ1) is 4.18. The van der Waals surface area contributed by atoms with Crippen LogP contribution < -0.4 is 0 Å². The van der Waals surface area contributed by atoms with E-state index in [1.165, 1.54) is 0 Å². The zero-order valence-corrected chi connectivity index (χ0v) is 7.56. The fraction of sp³-hybridized carbons (Fsp3) is 0. The lowest BCUT2D eigenvalue weighted by Gasteiger charge is -1.97. The normalized spacial score (nSPS) is 18.3. The molecule has 1 rings (SSSR count). The molecule has 0 N–H and O–H groups in total. The van der Waals surface area contributed by atoms with Crippen molar-refractivity contribution in [3.8, 4) is 0 Å². The van der Waals surface area contributed by atoms with Gasteiger partial charge in [-0.1, -0.05) is 34.8 Å². The van der Waals surface area contributed by atoms with Crippen LogP contribution in [0.2, 0.25) is 0 Å². The quantitative estimate of drug-likeness (QED) is 0.522. The average molecular weight is 197 g/mol. The summed E-state index contributed by atoms with van der Waals surface area (Å²) in [5.74, 6) is 0. The molecule has 47 valence electrons. The van der Waals surface area contributed by atoms with Gasteiger partial charge in [-0.05, 0) is 12.2 Å². The first kappa shape index (κ1) is 7.54. The molecule has 0 nitrogen and oxygen atoms in total. The van der Waals surface area contributed by atoms with Crippen LogP contribution in [0.1, 0.15) is 0 Å². The highest BCUT2D eigenvalue weighted by molar-refractivity contribution is 6.94. The Balaban J connectivity index is 2.98. The highest BCUT2D eigenvalue weighted by Gasteiger charge is 1.99. The van der Waals surface area contributed by atoms with Crippen molar-refractivity contribution in [3.63, 3.8) is 0 Å². The average Bonchev–Trinajstić information content (AvgIpc) is 1.59. The molecule has 0 amide bonds. The van der Waals surface area contributed by atoms with E-state index in [0.29, 0.717) is 23.4 Å². The van der Waals surface area contributed by atoms with Crippen LogP contribution in [0.4, 0.5) is 0 Å². The summed E-state index contributed by atoms with van der Waals surface area (Å²) in [6, 6.07) is 0. The van der Waals surface area contributed by atoms with Gasteiger partial charge in [0.05, 0.1) is 0 Å². The maximum absolute atomic E-state index is 5.65. The molecule has 0 aromatic carbocycles. The van der Waals surface area contributed by atoms with Crippen molar-refractivity contribution < 1.29 is 0 Å². The van der Waals surface area contributed by atoms with Gasteiger partial charge in [-0.15, -0.1) is 0 Å². The molecule has 1 aliphatic heterocycles. The van der Waals surface area contributed by atoms with Crippen LogP contribution in [0.3, 0.4) is 0 Å². The topological polar surface area (TPSA) is 0 Å². The molecule has 0 atom stereocenters. The molecule has 0 aliphatic carbocycles. The zero-order valence-electron chi connectivity index (χ0n) is 4.29. The van der Waals surface area contributed by atoms with Crippen LogP contribution in [-0.4, -0.2) is 13.8 Å². The Kier molecular flexibility index (Phi) is 2.53. The number of hydrogen-bond donors (Lipinski definition) is 0. The van der Waals surface area contributed by atoms with E-state index in [4.69, 9.17) is 34.8 Å². The van der Waals surface area contributed by atoms with Crippen molar-refractivity contribution in [2.75, 3.05) is 0 Å². The second-order valence-corrected chi connectivity index (χ2v) is 4.71. The van der Waals surface area contributed by atoms with E-state index in [2.05, 4.69) is 0 Å². The number of halogens is 3. The summed E-state index contributed by atoms with van der Waals surface area (Å²) in [4.78, 5) is 0. The SMILES string of the molecule is ClC1=CC(Cl)=[Si]C(Cl)=C1. The van der Waals surface area contributed by atoms with E-state index >= 15 is 0 Å². The maximum atomic E-state index is 5.65. The minimum absolute atomic E-state index is 0.383. The first-order valence-corrected chi connectivity index (χ1v) is 4.36. The van der Waals surface area contributed by atoms with Crippen molar-refractivity contribution in [1.82, 2.24) is 0 Å². The molecule has 0 saturated carbocycles. The van der Waals surface area contributed by atoms with Crippen molar-refractivity contribution in [2.24, 2.45) is 0 Å². The van der Waals surface area contributed by atoms with Crippen molar-refractivity contribution >= 4 is 48.6 Å². The standard InChI is InChI=1S/C5H2Cl3Si/c6-3-1-4(7)9-5(8)2-3/h1-2H. The Morgan fingerprint density at radius 2 is 1.78 bits per heavy atom. The molecule has 0 aromatic rings. The predicted octanol–water partition coefficient (Wildman–Crippen LogP) is 2.28. The molecule has 0 fully saturated rings. The lowest BCUT2D eigenvalue weighted by molar-refractivity contribution is 1.92. The summed E-state index contributed by atoms with van der Waals surface area (Å²) in [7, 11) is 0.383. The Morgan fingerprint density at radius 1 is 1.11 bits per heavy atom. The summed E-state index contributed by atoms with van der Waals surface area (Å²) in [5, 5.41) is 0.601. The van der Waals surface area contributed by atoms with Crippen LogP contribution in [0.15, 0.2) is 21.8 Å². The number of hydrogen-bond acceptors (Lipinski definition) is 0. The van der Waals surface area contributed by atoms with Gasteiger partial charge in [0.25, 0.3) is 0 Å². The fourth-order valence-corrected chi connectivity index (χ4v) is 2.66. The molecule has 0 bridgehead atoms. The molecular formula is C5H2Cl3Si. The highest BCUT2D eigenvalue weighted by Crippen LogP contribution is 2.13. The van der Waals surface area contributed by atoms with Crippen LogP contribution in [0, 0.1) is 0 Å². The molecule has 0 spiro atoms. The van der Waals surface area contributed by atoms with Gasteiger partial charge < -0.3 is 0 Å². The van der Waals surface area contributed by atoms with Crippen LogP contribution in [0.5, 0.6) is 0 Å². The minimum atomic E-state index is 0.383. The molecule has 4 heteroatoms. The van der Waals surface area contributed by atoms with Crippen molar-refractivity contribution in [2.45, 2.75) is 0 Å². The van der Waals surface area contributed by atoms with Crippen LogP contribution in [-0.2, 0) is 0 Å². The number of allylic oxidation sites excluding steroid dienone is 3. The Morgan fingerprint density at radius 3 is 2.22 bits per heavy atom. The summed E-state index contributed by atoms with van der Waals surface area (Å²) in [6.07, 6.45) is 3.40. The molecule has 1 aliphatic rings. The molecule has 1 radical (unpaired) electrons. The van der Waals surface area contributed by atoms with Gasteiger partial charge in [0.2, 0.25) is 0 Å². The molecule has 0 aromatic heterocycles. The lowest BCUT2D eigenvalue weighted by Crippen LogP contribution is -1.96.